The Bertz CT molecular complexity index is 1140. The Balaban J connectivity index is 1.42. The first-order chi connectivity index (χ1) is 14.2. The van der Waals surface area contributed by atoms with Crippen LogP contribution in [0.15, 0.2) is 64.2 Å². The summed E-state index contributed by atoms with van der Waals surface area (Å²) in [5.74, 6) is 1.28. The third kappa shape index (κ3) is 3.55. The van der Waals surface area contributed by atoms with E-state index in [4.69, 9.17) is 4.42 Å². The number of rotatable bonds is 6. The van der Waals surface area contributed by atoms with Crippen LogP contribution in [0, 0.1) is 5.82 Å². The molecular formula is C21H18FN5OS. The van der Waals surface area contributed by atoms with Crippen molar-refractivity contribution in [1.82, 2.24) is 25.0 Å². The van der Waals surface area contributed by atoms with Crippen molar-refractivity contribution in [2.45, 2.75) is 36.2 Å². The van der Waals surface area contributed by atoms with Crippen LogP contribution in [-0.2, 0) is 0 Å². The van der Waals surface area contributed by atoms with E-state index in [0.29, 0.717) is 29.2 Å². The summed E-state index contributed by atoms with van der Waals surface area (Å²) < 4.78 is 22.2. The third-order valence-electron chi connectivity index (χ3n) is 4.78. The molecule has 0 aliphatic heterocycles. The van der Waals surface area contributed by atoms with Crippen molar-refractivity contribution in [3.63, 3.8) is 0 Å². The molecule has 4 aromatic rings. The van der Waals surface area contributed by atoms with Gasteiger partial charge in [0.05, 0.1) is 10.8 Å². The largest absolute Gasteiger partial charge is 0.419 e. The summed E-state index contributed by atoms with van der Waals surface area (Å²) >= 11 is 1.49. The Hall–Kier alpha value is -3.00. The van der Waals surface area contributed by atoms with E-state index in [9.17, 15) is 4.39 Å². The van der Waals surface area contributed by atoms with Gasteiger partial charge in [-0.2, -0.15) is 0 Å². The number of aromatic nitrogens is 5. The zero-order valence-electron chi connectivity index (χ0n) is 15.7. The number of hydrogen-bond donors (Lipinski definition) is 0. The first-order valence-electron chi connectivity index (χ1n) is 9.46. The van der Waals surface area contributed by atoms with Crippen molar-refractivity contribution in [2.75, 3.05) is 0 Å². The first-order valence-corrected chi connectivity index (χ1v) is 10.3. The first kappa shape index (κ1) is 18.1. The Morgan fingerprint density at radius 2 is 1.76 bits per heavy atom. The second-order valence-electron chi connectivity index (χ2n) is 6.96. The van der Waals surface area contributed by atoms with Crippen molar-refractivity contribution in [3.8, 4) is 22.8 Å². The monoisotopic (exact) mass is 407 g/mol. The maximum atomic E-state index is 14.3. The second-order valence-corrected chi connectivity index (χ2v) is 8.27. The molecule has 0 radical (unpaired) electrons. The van der Waals surface area contributed by atoms with Gasteiger partial charge in [0, 0.05) is 11.6 Å². The standard InChI is InChI=1S/C21H18FN5OS/c1-13(19-24-25-20(28-19)14-7-3-2-4-8-14)29-21-26-23-18(27(21)15-11-12-15)16-9-5-6-10-17(16)22/h2-10,13,15H,11-12H2,1H3/t13-/m1/s1. The minimum atomic E-state index is -0.296. The highest BCUT2D eigenvalue weighted by Gasteiger charge is 2.32. The topological polar surface area (TPSA) is 69.6 Å². The molecule has 0 spiro atoms. The van der Waals surface area contributed by atoms with Gasteiger partial charge in [0.1, 0.15) is 5.82 Å². The van der Waals surface area contributed by atoms with Crippen LogP contribution in [0.5, 0.6) is 0 Å². The molecule has 5 rings (SSSR count). The Kier molecular flexibility index (Phi) is 4.63. The summed E-state index contributed by atoms with van der Waals surface area (Å²) in [7, 11) is 0. The van der Waals surface area contributed by atoms with Crippen LogP contribution in [0.2, 0.25) is 0 Å². The summed E-state index contributed by atoms with van der Waals surface area (Å²) in [6.07, 6.45) is 2.08. The third-order valence-corrected chi connectivity index (χ3v) is 5.83. The molecule has 146 valence electrons. The second kappa shape index (κ2) is 7.44. The number of nitrogens with zero attached hydrogens (tertiary/aromatic N) is 5. The number of thioether (sulfide) groups is 1. The number of hydrogen-bond acceptors (Lipinski definition) is 6. The minimum Gasteiger partial charge on any atom is -0.419 e. The summed E-state index contributed by atoms with van der Waals surface area (Å²) in [4.78, 5) is 0. The van der Waals surface area contributed by atoms with E-state index in [1.807, 2.05) is 47.9 Å². The highest BCUT2D eigenvalue weighted by atomic mass is 32.2. The van der Waals surface area contributed by atoms with Gasteiger partial charge in [-0.25, -0.2) is 4.39 Å². The molecule has 8 heteroatoms. The maximum Gasteiger partial charge on any atom is 0.247 e. The van der Waals surface area contributed by atoms with Crippen LogP contribution >= 0.6 is 11.8 Å². The van der Waals surface area contributed by atoms with Crippen LogP contribution in [0.3, 0.4) is 0 Å². The van der Waals surface area contributed by atoms with Crippen LogP contribution in [-0.4, -0.2) is 25.0 Å². The van der Waals surface area contributed by atoms with E-state index in [0.717, 1.165) is 23.6 Å². The molecule has 2 aromatic heterocycles. The van der Waals surface area contributed by atoms with Gasteiger partial charge in [0.15, 0.2) is 11.0 Å². The van der Waals surface area contributed by atoms with Gasteiger partial charge in [-0.15, -0.1) is 20.4 Å². The van der Waals surface area contributed by atoms with Gasteiger partial charge < -0.3 is 4.42 Å². The van der Waals surface area contributed by atoms with E-state index in [-0.39, 0.29) is 11.1 Å². The van der Waals surface area contributed by atoms with Crippen LogP contribution in [0.1, 0.15) is 36.9 Å². The van der Waals surface area contributed by atoms with Gasteiger partial charge in [-0.3, -0.25) is 4.57 Å². The average molecular weight is 407 g/mol. The molecule has 29 heavy (non-hydrogen) atoms. The molecule has 2 aromatic carbocycles. The molecule has 0 N–H and O–H groups in total. The number of benzene rings is 2. The Labute approximate surface area is 171 Å². The summed E-state index contributed by atoms with van der Waals surface area (Å²) in [6.45, 7) is 1.99. The minimum absolute atomic E-state index is 0.116. The van der Waals surface area contributed by atoms with Gasteiger partial charge in [0.25, 0.3) is 0 Å². The van der Waals surface area contributed by atoms with E-state index < -0.39 is 0 Å². The van der Waals surface area contributed by atoms with Gasteiger partial charge in [0.2, 0.25) is 11.8 Å². The molecule has 1 aliphatic carbocycles. The maximum absolute atomic E-state index is 14.3. The predicted molar refractivity (Wildman–Crippen MR) is 108 cm³/mol. The van der Waals surface area contributed by atoms with Crippen molar-refractivity contribution < 1.29 is 8.81 Å². The van der Waals surface area contributed by atoms with Gasteiger partial charge in [-0.05, 0) is 44.0 Å². The van der Waals surface area contributed by atoms with E-state index in [1.165, 1.54) is 17.8 Å². The van der Waals surface area contributed by atoms with Crippen LogP contribution < -0.4 is 0 Å². The molecule has 1 atom stereocenters. The normalized spacial score (nSPS) is 14.8. The van der Waals surface area contributed by atoms with E-state index in [1.54, 1.807) is 12.1 Å². The summed E-state index contributed by atoms with van der Waals surface area (Å²) in [6, 6.07) is 16.6. The van der Waals surface area contributed by atoms with E-state index >= 15 is 0 Å². The lowest BCUT2D eigenvalue weighted by Gasteiger charge is -2.11. The molecule has 2 heterocycles. The van der Waals surface area contributed by atoms with Crippen molar-refractivity contribution >= 4 is 11.8 Å². The summed E-state index contributed by atoms with van der Waals surface area (Å²) in [5.41, 5.74) is 1.35. The average Bonchev–Trinajstić information content (AvgIpc) is 3.30. The molecule has 0 unspecified atom stereocenters. The Morgan fingerprint density at radius 3 is 2.52 bits per heavy atom. The molecule has 0 bridgehead atoms. The van der Waals surface area contributed by atoms with Crippen molar-refractivity contribution in [3.05, 3.63) is 66.3 Å². The molecular weight excluding hydrogens is 389 g/mol. The lowest BCUT2D eigenvalue weighted by molar-refractivity contribution is 0.508. The highest BCUT2D eigenvalue weighted by molar-refractivity contribution is 7.99. The van der Waals surface area contributed by atoms with Gasteiger partial charge >= 0.3 is 0 Å². The van der Waals surface area contributed by atoms with Crippen LogP contribution in [0.25, 0.3) is 22.8 Å². The highest BCUT2D eigenvalue weighted by Crippen LogP contribution is 2.44. The fourth-order valence-electron chi connectivity index (χ4n) is 3.15. The predicted octanol–water partition coefficient (Wildman–Crippen LogP) is 5.32. The smallest absolute Gasteiger partial charge is 0.247 e. The zero-order chi connectivity index (χ0) is 19.8. The van der Waals surface area contributed by atoms with Crippen molar-refractivity contribution in [2.24, 2.45) is 0 Å². The number of halogens is 1. The molecule has 6 nitrogen and oxygen atoms in total. The molecule has 1 saturated carbocycles. The fourth-order valence-corrected chi connectivity index (χ4v) is 4.10. The zero-order valence-corrected chi connectivity index (χ0v) is 16.5. The van der Waals surface area contributed by atoms with Gasteiger partial charge in [-0.1, -0.05) is 42.1 Å². The van der Waals surface area contributed by atoms with E-state index in [2.05, 4.69) is 20.4 Å². The summed E-state index contributed by atoms with van der Waals surface area (Å²) in [5, 5.41) is 17.6. The molecule has 0 saturated heterocycles. The fraction of sp³-hybridized carbons (Fsp3) is 0.238. The van der Waals surface area contributed by atoms with Crippen LogP contribution in [0.4, 0.5) is 4.39 Å². The lowest BCUT2D eigenvalue weighted by Crippen LogP contribution is -2.02. The quantitative estimate of drug-likeness (QED) is 0.403. The van der Waals surface area contributed by atoms with Crippen molar-refractivity contribution in [1.29, 1.82) is 0 Å². The molecule has 1 aliphatic rings. The SMILES string of the molecule is C[C@@H](Sc1nnc(-c2ccccc2F)n1C1CC1)c1nnc(-c2ccccc2)o1. The lowest BCUT2D eigenvalue weighted by atomic mass is 10.2. The molecule has 1 fully saturated rings. The molecule has 0 amide bonds. The Morgan fingerprint density at radius 1 is 1.00 bits per heavy atom.